The second kappa shape index (κ2) is 5.93. The van der Waals surface area contributed by atoms with Gasteiger partial charge in [-0.3, -0.25) is 0 Å². The minimum atomic E-state index is -0.416. The molecule has 0 amide bonds. The van der Waals surface area contributed by atoms with Crippen LogP contribution >= 0.6 is 11.6 Å². The van der Waals surface area contributed by atoms with Gasteiger partial charge in [-0.2, -0.15) is 0 Å². The Hall–Kier alpha value is -1.46. The van der Waals surface area contributed by atoms with E-state index in [0.29, 0.717) is 17.3 Å². The lowest BCUT2D eigenvalue weighted by Crippen LogP contribution is -2.13. The largest absolute Gasteiger partial charge is 0.311 e. The molecular weight excluding hydrogens is 255 g/mol. The van der Waals surface area contributed by atoms with Crippen molar-refractivity contribution in [2.75, 3.05) is 6.54 Å². The molecule has 18 heavy (non-hydrogen) atoms. The molecule has 1 aromatic heterocycles. The van der Waals surface area contributed by atoms with E-state index in [1.165, 1.54) is 10.7 Å². The van der Waals surface area contributed by atoms with Crippen molar-refractivity contribution in [2.24, 2.45) is 0 Å². The summed E-state index contributed by atoms with van der Waals surface area (Å²) in [5, 5.41) is 11.4. The van der Waals surface area contributed by atoms with Crippen molar-refractivity contribution in [1.82, 2.24) is 20.3 Å². The molecule has 0 aliphatic carbocycles. The van der Waals surface area contributed by atoms with E-state index in [4.69, 9.17) is 11.6 Å². The monoisotopic (exact) mass is 268 g/mol. The highest BCUT2D eigenvalue weighted by Gasteiger charge is 2.08. The third kappa shape index (κ3) is 3.05. The van der Waals surface area contributed by atoms with Crippen LogP contribution < -0.4 is 5.32 Å². The van der Waals surface area contributed by atoms with Crippen LogP contribution in [-0.4, -0.2) is 21.5 Å². The second-order valence-corrected chi connectivity index (χ2v) is 4.36. The lowest BCUT2D eigenvalue weighted by Gasteiger charge is -2.01. The Morgan fingerprint density at radius 1 is 1.44 bits per heavy atom. The van der Waals surface area contributed by atoms with E-state index in [0.717, 1.165) is 18.7 Å². The van der Waals surface area contributed by atoms with Crippen LogP contribution in [0.25, 0.3) is 5.69 Å². The van der Waals surface area contributed by atoms with Crippen LogP contribution in [-0.2, 0) is 6.54 Å². The Labute approximate surface area is 110 Å². The third-order valence-corrected chi connectivity index (χ3v) is 2.67. The lowest BCUT2D eigenvalue weighted by molar-refractivity contribution is 0.607. The standard InChI is InChI=1S/C12H14ClFN4/c1-2-5-15-7-10-8-18(17-16-10)12-4-3-9(13)6-11(12)14/h3-4,6,8,15H,2,5,7H2,1H3. The maximum absolute atomic E-state index is 13.7. The summed E-state index contributed by atoms with van der Waals surface area (Å²) in [6, 6.07) is 4.46. The molecule has 1 aromatic carbocycles. The molecule has 0 atom stereocenters. The summed E-state index contributed by atoms with van der Waals surface area (Å²) in [6.45, 7) is 3.64. The fraction of sp³-hybridized carbons (Fsp3) is 0.333. The first kappa shape index (κ1) is 13.0. The van der Waals surface area contributed by atoms with Gasteiger partial charge in [0, 0.05) is 11.6 Å². The van der Waals surface area contributed by atoms with E-state index in [1.54, 1.807) is 18.3 Å². The SMILES string of the molecule is CCCNCc1cn(-c2ccc(Cl)cc2F)nn1. The Morgan fingerprint density at radius 3 is 3.00 bits per heavy atom. The predicted octanol–water partition coefficient (Wildman–Crippen LogP) is 2.56. The van der Waals surface area contributed by atoms with E-state index in [-0.39, 0.29) is 0 Å². The zero-order valence-corrected chi connectivity index (χ0v) is 10.8. The molecule has 1 N–H and O–H groups in total. The third-order valence-electron chi connectivity index (χ3n) is 2.43. The molecule has 0 bridgehead atoms. The zero-order chi connectivity index (χ0) is 13.0. The molecule has 0 fully saturated rings. The molecule has 0 aliphatic heterocycles. The van der Waals surface area contributed by atoms with Gasteiger partial charge in [-0.1, -0.05) is 23.7 Å². The fourth-order valence-electron chi connectivity index (χ4n) is 1.56. The van der Waals surface area contributed by atoms with Crippen molar-refractivity contribution in [2.45, 2.75) is 19.9 Å². The van der Waals surface area contributed by atoms with Crippen molar-refractivity contribution in [3.05, 3.63) is 40.9 Å². The van der Waals surface area contributed by atoms with Crippen molar-refractivity contribution in [1.29, 1.82) is 0 Å². The van der Waals surface area contributed by atoms with Gasteiger partial charge in [0.15, 0.2) is 0 Å². The quantitative estimate of drug-likeness (QED) is 0.848. The number of rotatable bonds is 5. The molecular formula is C12H14ClFN4. The summed E-state index contributed by atoms with van der Waals surface area (Å²) >= 11 is 5.70. The van der Waals surface area contributed by atoms with Gasteiger partial charge >= 0.3 is 0 Å². The fourth-order valence-corrected chi connectivity index (χ4v) is 1.72. The molecule has 0 saturated carbocycles. The van der Waals surface area contributed by atoms with Gasteiger partial charge < -0.3 is 5.32 Å². The maximum Gasteiger partial charge on any atom is 0.150 e. The van der Waals surface area contributed by atoms with E-state index >= 15 is 0 Å². The van der Waals surface area contributed by atoms with Crippen LogP contribution in [0.4, 0.5) is 4.39 Å². The minimum absolute atomic E-state index is 0.341. The van der Waals surface area contributed by atoms with E-state index in [2.05, 4.69) is 22.6 Å². The lowest BCUT2D eigenvalue weighted by atomic mass is 10.3. The highest BCUT2D eigenvalue weighted by molar-refractivity contribution is 6.30. The first-order chi connectivity index (χ1) is 8.70. The Bertz CT molecular complexity index is 527. The molecule has 0 spiro atoms. The topological polar surface area (TPSA) is 42.7 Å². The molecule has 1 heterocycles. The van der Waals surface area contributed by atoms with Gasteiger partial charge in [0.05, 0.1) is 11.9 Å². The van der Waals surface area contributed by atoms with Crippen molar-refractivity contribution in [3.8, 4) is 5.69 Å². The van der Waals surface area contributed by atoms with Gasteiger partial charge in [0.1, 0.15) is 11.5 Å². The van der Waals surface area contributed by atoms with Gasteiger partial charge in [0.25, 0.3) is 0 Å². The number of nitrogens with one attached hydrogen (secondary N) is 1. The van der Waals surface area contributed by atoms with Crippen molar-refractivity contribution >= 4 is 11.6 Å². The first-order valence-corrected chi connectivity index (χ1v) is 6.16. The summed E-state index contributed by atoms with van der Waals surface area (Å²) in [7, 11) is 0. The summed E-state index contributed by atoms with van der Waals surface area (Å²) in [6.07, 6.45) is 2.76. The predicted molar refractivity (Wildman–Crippen MR) is 68.3 cm³/mol. The zero-order valence-electron chi connectivity index (χ0n) is 10.0. The summed E-state index contributed by atoms with van der Waals surface area (Å²) in [5.41, 5.74) is 1.12. The normalized spacial score (nSPS) is 10.8. The number of aromatic nitrogens is 3. The van der Waals surface area contributed by atoms with E-state index in [1.807, 2.05) is 0 Å². The highest BCUT2D eigenvalue weighted by atomic mass is 35.5. The molecule has 2 aromatic rings. The molecule has 0 radical (unpaired) electrons. The van der Waals surface area contributed by atoms with E-state index < -0.39 is 5.82 Å². The van der Waals surface area contributed by atoms with Gasteiger partial charge in [-0.15, -0.1) is 5.10 Å². The van der Waals surface area contributed by atoms with E-state index in [9.17, 15) is 4.39 Å². The summed E-state index contributed by atoms with van der Waals surface area (Å²) < 4.78 is 15.1. The Morgan fingerprint density at radius 2 is 2.28 bits per heavy atom. The number of hydrogen-bond donors (Lipinski definition) is 1. The maximum atomic E-state index is 13.7. The molecule has 6 heteroatoms. The van der Waals surface area contributed by atoms with Gasteiger partial charge in [0.2, 0.25) is 0 Å². The van der Waals surface area contributed by atoms with Crippen molar-refractivity contribution in [3.63, 3.8) is 0 Å². The Kier molecular flexibility index (Phi) is 4.28. The molecule has 2 rings (SSSR count). The average Bonchev–Trinajstić information content (AvgIpc) is 2.78. The van der Waals surface area contributed by atoms with Crippen LogP contribution in [0.3, 0.4) is 0 Å². The smallest absolute Gasteiger partial charge is 0.150 e. The minimum Gasteiger partial charge on any atom is -0.311 e. The summed E-state index contributed by atoms with van der Waals surface area (Å²) in [4.78, 5) is 0. The molecule has 0 saturated heterocycles. The number of benzene rings is 1. The molecule has 96 valence electrons. The first-order valence-electron chi connectivity index (χ1n) is 5.78. The number of hydrogen-bond acceptors (Lipinski definition) is 3. The van der Waals surface area contributed by atoms with Gasteiger partial charge in [-0.05, 0) is 31.2 Å². The van der Waals surface area contributed by atoms with Crippen LogP contribution in [0, 0.1) is 5.82 Å². The van der Waals surface area contributed by atoms with Gasteiger partial charge in [-0.25, -0.2) is 9.07 Å². The molecule has 0 aliphatic rings. The van der Waals surface area contributed by atoms with Crippen LogP contribution in [0.5, 0.6) is 0 Å². The number of nitrogens with zero attached hydrogens (tertiary/aromatic N) is 3. The van der Waals surface area contributed by atoms with Crippen LogP contribution in [0.2, 0.25) is 5.02 Å². The Balaban J connectivity index is 2.13. The molecule has 0 unspecified atom stereocenters. The second-order valence-electron chi connectivity index (χ2n) is 3.93. The average molecular weight is 269 g/mol. The van der Waals surface area contributed by atoms with Crippen molar-refractivity contribution < 1.29 is 4.39 Å². The number of halogens is 2. The molecule has 4 nitrogen and oxygen atoms in total. The highest BCUT2D eigenvalue weighted by Crippen LogP contribution is 2.17. The van der Waals surface area contributed by atoms with Crippen LogP contribution in [0.15, 0.2) is 24.4 Å². The summed E-state index contributed by atoms with van der Waals surface area (Å²) in [5.74, 6) is -0.416. The van der Waals surface area contributed by atoms with Crippen LogP contribution in [0.1, 0.15) is 19.0 Å².